The number of anilines is 2. The summed E-state index contributed by atoms with van der Waals surface area (Å²) in [6.07, 6.45) is 3.33. The predicted octanol–water partition coefficient (Wildman–Crippen LogP) is 4.24. The predicted molar refractivity (Wildman–Crippen MR) is 114 cm³/mol. The van der Waals surface area contributed by atoms with Crippen LogP contribution in [0.2, 0.25) is 0 Å². The average Bonchev–Trinajstić information content (AvgIpc) is 3.10. The summed E-state index contributed by atoms with van der Waals surface area (Å²) < 4.78 is 15.4. The van der Waals surface area contributed by atoms with Crippen LogP contribution in [0.5, 0.6) is 0 Å². The van der Waals surface area contributed by atoms with Crippen LogP contribution in [0.4, 0.5) is 15.9 Å². The van der Waals surface area contributed by atoms with Gasteiger partial charge in [-0.1, -0.05) is 18.2 Å². The standard InChI is InChI=1S/C22H21FN6O/c1-13-7-8-16(10-18(13)23)22(30)27-17-6-4-5-15(9-17)14(2)26-20-12-24-19-11-25-29(3)21(19)28-20/h4-12,14H,1-3H3,(H,26,28)(H,27,30)/t14-/m0/s1. The molecule has 2 aromatic heterocycles. The Kier molecular flexibility index (Phi) is 5.14. The molecule has 152 valence electrons. The Balaban J connectivity index is 1.49. The first kappa shape index (κ1) is 19.5. The fourth-order valence-electron chi connectivity index (χ4n) is 3.11. The molecule has 1 atom stereocenters. The number of benzene rings is 2. The third-order valence-electron chi connectivity index (χ3n) is 4.88. The van der Waals surface area contributed by atoms with Gasteiger partial charge in [-0.15, -0.1) is 0 Å². The quantitative estimate of drug-likeness (QED) is 0.520. The maximum Gasteiger partial charge on any atom is 0.255 e. The van der Waals surface area contributed by atoms with Gasteiger partial charge in [0.05, 0.1) is 18.4 Å². The molecule has 1 amide bonds. The molecule has 4 rings (SSSR count). The fourth-order valence-corrected chi connectivity index (χ4v) is 3.11. The van der Waals surface area contributed by atoms with E-state index >= 15 is 0 Å². The van der Waals surface area contributed by atoms with Gasteiger partial charge in [-0.25, -0.2) is 19.0 Å². The third kappa shape index (κ3) is 3.98. The Morgan fingerprint density at radius 2 is 2.00 bits per heavy atom. The summed E-state index contributed by atoms with van der Waals surface area (Å²) in [6, 6.07) is 11.8. The molecule has 0 aliphatic carbocycles. The molecule has 30 heavy (non-hydrogen) atoms. The van der Waals surface area contributed by atoms with Crippen molar-refractivity contribution in [3.8, 4) is 0 Å². The lowest BCUT2D eigenvalue weighted by Gasteiger charge is -2.16. The zero-order valence-corrected chi connectivity index (χ0v) is 16.8. The van der Waals surface area contributed by atoms with Crippen LogP contribution in [0.25, 0.3) is 11.2 Å². The van der Waals surface area contributed by atoms with Gasteiger partial charge in [-0.2, -0.15) is 5.10 Å². The second-order valence-electron chi connectivity index (χ2n) is 7.14. The van der Waals surface area contributed by atoms with E-state index in [0.29, 0.717) is 22.7 Å². The number of hydrogen-bond donors (Lipinski definition) is 2. The lowest BCUT2D eigenvalue weighted by molar-refractivity contribution is 0.102. The highest BCUT2D eigenvalue weighted by molar-refractivity contribution is 6.04. The van der Waals surface area contributed by atoms with E-state index in [-0.39, 0.29) is 17.5 Å². The summed E-state index contributed by atoms with van der Waals surface area (Å²) in [6.45, 7) is 3.65. The van der Waals surface area contributed by atoms with Crippen molar-refractivity contribution in [3.63, 3.8) is 0 Å². The van der Waals surface area contributed by atoms with Crippen LogP contribution in [-0.4, -0.2) is 25.7 Å². The van der Waals surface area contributed by atoms with E-state index in [0.717, 1.165) is 11.1 Å². The molecule has 0 saturated carbocycles. The van der Waals surface area contributed by atoms with Gasteiger partial charge in [-0.3, -0.25) is 4.79 Å². The minimum absolute atomic E-state index is 0.0846. The van der Waals surface area contributed by atoms with E-state index in [1.54, 1.807) is 42.2 Å². The number of fused-ring (bicyclic) bond motifs is 1. The zero-order valence-electron chi connectivity index (χ0n) is 16.8. The van der Waals surface area contributed by atoms with Crippen LogP contribution < -0.4 is 10.6 Å². The van der Waals surface area contributed by atoms with Crippen LogP contribution in [-0.2, 0) is 7.05 Å². The minimum atomic E-state index is -0.402. The second-order valence-corrected chi connectivity index (χ2v) is 7.14. The van der Waals surface area contributed by atoms with Crippen molar-refractivity contribution in [2.45, 2.75) is 19.9 Å². The smallest absolute Gasteiger partial charge is 0.255 e. The second kappa shape index (κ2) is 7.90. The summed E-state index contributed by atoms with van der Waals surface area (Å²) in [5.74, 6) is -0.136. The Hall–Kier alpha value is -3.81. The molecule has 2 N–H and O–H groups in total. The van der Waals surface area contributed by atoms with Crippen molar-refractivity contribution in [3.05, 3.63) is 77.4 Å². The number of nitrogens with zero attached hydrogens (tertiary/aromatic N) is 4. The third-order valence-corrected chi connectivity index (χ3v) is 4.88. The van der Waals surface area contributed by atoms with E-state index < -0.39 is 5.82 Å². The number of rotatable bonds is 5. The SMILES string of the molecule is Cc1ccc(C(=O)Nc2cccc([C@H](C)Nc3cnc4cnn(C)c4n3)c2)cc1F. The summed E-state index contributed by atoms with van der Waals surface area (Å²) in [5.41, 5.74) is 3.77. The van der Waals surface area contributed by atoms with Gasteiger partial charge in [0.1, 0.15) is 17.2 Å². The minimum Gasteiger partial charge on any atom is -0.362 e. The van der Waals surface area contributed by atoms with Crippen molar-refractivity contribution in [1.82, 2.24) is 19.7 Å². The summed E-state index contributed by atoms with van der Waals surface area (Å²) >= 11 is 0. The monoisotopic (exact) mass is 404 g/mol. The van der Waals surface area contributed by atoms with Gasteiger partial charge in [0.25, 0.3) is 5.91 Å². The number of carbonyl (C=O) groups is 1. The molecule has 0 radical (unpaired) electrons. The summed E-state index contributed by atoms with van der Waals surface area (Å²) in [5, 5.41) is 10.3. The van der Waals surface area contributed by atoms with Gasteiger partial charge < -0.3 is 10.6 Å². The van der Waals surface area contributed by atoms with Crippen molar-refractivity contribution < 1.29 is 9.18 Å². The zero-order chi connectivity index (χ0) is 21.3. The molecule has 0 aliphatic rings. The van der Waals surface area contributed by atoms with Crippen LogP contribution in [0, 0.1) is 12.7 Å². The number of carbonyl (C=O) groups excluding carboxylic acids is 1. The Morgan fingerprint density at radius 3 is 2.80 bits per heavy atom. The number of aromatic nitrogens is 4. The molecule has 4 aromatic rings. The topological polar surface area (TPSA) is 84.7 Å². The molecule has 2 heterocycles. The molecule has 0 spiro atoms. The lowest BCUT2D eigenvalue weighted by atomic mass is 10.1. The van der Waals surface area contributed by atoms with E-state index in [1.165, 1.54) is 6.07 Å². The first-order chi connectivity index (χ1) is 14.4. The highest BCUT2D eigenvalue weighted by atomic mass is 19.1. The number of hydrogen-bond acceptors (Lipinski definition) is 5. The average molecular weight is 404 g/mol. The van der Waals surface area contributed by atoms with Gasteiger partial charge >= 0.3 is 0 Å². The molecule has 0 bridgehead atoms. The Labute approximate surface area is 173 Å². The van der Waals surface area contributed by atoms with E-state index in [1.807, 2.05) is 32.2 Å². The molecule has 0 aliphatic heterocycles. The number of aryl methyl sites for hydroxylation is 2. The molecule has 2 aromatic carbocycles. The molecular formula is C22H21FN6O. The van der Waals surface area contributed by atoms with Crippen LogP contribution in [0.3, 0.4) is 0 Å². The first-order valence-corrected chi connectivity index (χ1v) is 9.49. The van der Waals surface area contributed by atoms with E-state index in [9.17, 15) is 9.18 Å². The van der Waals surface area contributed by atoms with Crippen molar-refractivity contribution in [2.24, 2.45) is 7.05 Å². The normalized spacial score (nSPS) is 12.0. The molecule has 0 unspecified atom stereocenters. The van der Waals surface area contributed by atoms with Gasteiger partial charge in [0.15, 0.2) is 5.65 Å². The van der Waals surface area contributed by atoms with Crippen molar-refractivity contribution >= 4 is 28.6 Å². The van der Waals surface area contributed by atoms with Crippen LogP contribution >= 0.6 is 0 Å². The van der Waals surface area contributed by atoms with Crippen LogP contribution in [0.15, 0.2) is 54.9 Å². The van der Waals surface area contributed by atoms with E-state index in [4.69, 9.17) is 0 Å². The molecule has 7 nitrogen and oxygen atoms in total. The van der Waals surface area contributed by atoms with Gasteiger partial charge in [0, 0.05) is 18.3 Å². The molecule has 0 fully saturated rings. The summed E-state index contributed by atoms with van der Waals surface area (Å²) in [7, 11) is 1.82. The number of amides is 1. The molecule has 0 saturated heterocycles. The van der Waals surface area contributed by atoms with Crippen molar-refractivity contribution in [2.75, 3.05) is 10.6 Å². The molecule has 8 heteroatoms. The fraction of sp³-hybridized carbons (Fsp3) is 0.182. The first-order valence-electron chi connectivity index (χ1n) is 9.49. The number of nitrogens with one attached hydrogen (secondary N) is 2. The Morgan fingerprint density at radius 1 is 1.17 bits per heavy atom. The summed E-state index contributed by atoms with van der Waals surface area (Å²) in [4.78, 5) is 21.4. The maximum absolute atomic E-state index is 13.8. The van der Waals surface area contributed by atoms with Gasteiger partial charge in [-0.05, 0) is 49.2 Å². The van der Waals surface area contributed by atoms with Crippen LogP contribution in [0.1, 0.15) is 34.5 Å². The lowest BCUT2D eigenvalue weighted by Crippen LogP contribution is -2.13. The largest absolute Gasteiger partial charge is 0.362 e. The molecular weight excluding hydrogens is 383 g/mol. The van der Waals surface area contributed by atoms with E-state index in [2.05, 4.69) is 25.7 Å². The maximum atomic E-state index is 13.8. The highest BCUT2D eigenvalue weighted by Crippen LogP contribution is 2.22. The number of halogens is 1. The Bertz CT molecular complexity index is 1240. The van der Waals surface area contributed by atoms with Gasteiger partial charge in [0.2, 0.25) is 0 Å². The van der Waals surface area contributed by atoms with Crippen molar-refractivity contribution in [1.29, 1.82) is 0 Å². The highest BCUT2D eigenvalue weighted by Gasteiger charge is 2.12.